The first-order valence-corrected chi connectivity index (χ1v) is 11.9. The largest absolute Gasteiger partial charge is 0.495 e. The Morgan fingerprint density at radius 3 is 2.56 bits per heavy atom. The first-order valence-electron chi connectivity index (χ1n) is 10.5. The van der Waals surface area contributed by atoms with Gasteiger partial charge in [0.05, 0.1) is 26.0 Å². The molecular formula is C23H26N4O4S. The van der Waals surface area contributed by atoms with Crippen molar-refractivity contribution in [1.82, 2.24) is 14.5 Å². The van der Waals surface area contributed by atoms with Crippen molar-refractivity contribution in [1.29, 1.82) is 0 Å². The lowest BCUT2D eigenvalue weighted by atomic mass is 10.1. The minimum atomic E-state index is -3.72. The smallest absolute Gasteiger partial charge is 0.246 e. The molecular weight excluding hydrogens is 428 g/mol. The van der Waals surface area contributed by atoms with E-state index in [2.05, 4.69) is 34.6 Å². The van der Waals surface area contributed by atoms with E-state index in [9.17, 15) is 8.42 Å². The van der Waals surface area contributed by atoms with Crippen LogP contribution in [0.4, 0.5) is 11.5 Å². The molecule has 1 aliphatic heterocycles. The highest BCUT2D eigenvalue weighted by Crippen LogP contribution is 2.31. The van der Waals surface area contributed by atoms with Crippen molar-refractivity contribution in [2.75, 3.05) is 38.7 Å². The van der Waals surface area contributed by atoms with Crippen molar-refractivity contribution in [2.45, 2.75) is 18.2 Å². The SMILES string of the molecule is CCc1cccc(Nc2ccc(-c3ccc(OC)c(S(=O)(=O)N4CCOCC4)c3)nn2)c1. The molecule has 168 valence electrons. The van der Waals surface area contributed by atoms with E-state index < -0.39 is 10.0 Å². The van der Waals surface area contributed by atoms with Gasteiger partial charge in [-0.15, -0.1) is 10.2 Å². The number of hydrogen-bond acceptors (Lipinski definition) is 7. The number of aromatic nitrogens is 2. The number of rotatable bonds is 7. The molecule has 32 heavy (non-hydrogen) atoms. The molecule has 9 heteroatoms. The van der Waals surface area contributed by atoms with Crippen LogP contribution in [0.2, 0.25) is 0 Å². The van der Waals surface area contributed by atoms with Crippen molar-refractivity contribution < 1.29 is 17.9 Å². The summed E-state index contributed by atoms with van der Waals surface area (Å²) in [6, 6.07) is 16.8. The molecule has 2 heterocycles. The Kier molecular flexibility index (Phi) is 6.69. The molecule has 2 aromatic carbocycles. The van der Waals surface area contributed by atoms with Gasteiger partial charge in [0, 0.05) is 24.3 Å². The molecule has 1 aliphatic rings. The average molecular weight is 455 g/mol. The second-order valence-electron chi connectivity index (χ2n) is 7.36. The van der Waals surface area contributed by atoms with Crippen molar-refractivity contribution in [3.63, 3.8) is 0 Å². The molecule has 1 N–H and O–H groups in total. The molecule has 8 nitrogen and oxygen atoms in total. The molecule has 0 atom stereocenters. The molecule has 3 aromatic rings. The van der Waals surface area contributed by atoms with E-state index in [1.165, 1.54) is 17.0 Å². The van der Waals surface area contributed by atoms with Gasteiger partial charge in [0.25, 0.3) is 0 Å². The summed E-state index contributed by atoms with van der Waals surface area (Å²) < 4.78 is 38.4. The van der Waals surface area contributed by atoms with Crippen molar-refractivity contribution in [3.05, 3.63) is 60.2 Å². The maximum Gasteiger partial charge on any atom is 0.246 e. The zero-order valence-electron chi connectivity index (χ0n) is 18.1. The second kappa shape index (κ2) is 9.64. The minimum Gasteiger partial charge on any atom is -0.495 e. The highest BCUT2D eigenvalue weighted by Gasteiger charge is 2.29. The monoisotopic (exact) mass is 454 g/mol. The topological polar surface area (TPSA) is 93.7 Å². The van der Waals surface area contributed by atoms with Gasteiger partial charge in [-0.2, -0.15) is 4.31 Å². The first kappa shape index (κ1) is 22.2. The standard InChI is InChI=1S/C23H26N4O4S/c1-3-17-5-4-6-19(15-17)24-23-10-8-20(25-26-23)18-7-9-21(30-2)22(16-18)32(28,29)27-11-13-31-14-12-27/h4-10,15-16H,3,11-14H2,1-2H3,(H,24,26). The summed E-state index contributed by atoms with van der Waals surface area (Å²) in [5.41, 5.74) is 3.38. The fourth-order valence-electron chi connectivity index (χ4n) is 3.53. The van der Waals surface area contributed by atoms with Crippen LogP contribution in [0.1, 0.15) is 12.5 Å². The number of anilines is 2. The normalized spacial score (nSPS) is 14.8. The van der Waals surface area contributed by atoms with Crippen LogP contribution in [-0.2, 0) is 21.2 Å². The molecule has 1 aromatic heterocycles. The van der Waals surface area contributed by atoms with Crippen molar-refractivity contribution in [2.24, 2.45) is 0 Å². The molecule has 0 amide bonds. The van der Waals surface area contributed by atoms with Crippen LogP contribution in [0.25, 0.3) is 11.3 Å². The molecule has 0 bridgehead atoms. The number of aryl methyl sites for hydroxylation is 1. The van der Waals surface area contributed by atoms with Crippen LogP contribution < -0.4 is 10.1 Å². The van der Waals surface area contributed by atoms with E-state index in [-0.39, 0.29) is 4.90 Å². The van der Waals surface area contributed by atoms with Crippen molar-refractivity contribution >= 4 is 21.5 Å². The Hall–Kier alpha value is -3.01. The van der Waals surface area contributed by atoms with E-state index >= 15 is 0 Å². The summed E-state index contributed by atoms with van der Waals surface area (Å²) in [6.07, 6.45) is 0.952. The van der Waals surface area contributed by atoms with Gasteiger partial charge < -0.3 is 14.8 Å². The van der Waals surface area contributed by atoms with Gasteiger partial charge in [0.2, 0.25) is 10.0 Å². The Bertz CT molecular complexity index is 1180. The zero-order valence-corrected chi connectivity index (χ0v) is 18.9. The summed E-state index contributed by atoms with van der Waals surface area (Å²) in [7, 11) is -2.26. The Labute approximate surface area is 188 Å². The van der Waals surface area contributed by atoms with Crippen LogP contribution in [-0.4, -0.2) is 56.3 Å². The number of benzene rings is 2. The van der Waals surface area contributed by atoms with Gasteiger partial charge in [-0.3, -0.25) is 0 Å². The number of nitrogens with one attached hydrogen (secondary N) is 1. The number of ether oxygens (including phenoxy) is 2. The summed E-state index contributed by atoms with van der Waals surface area (Å²) in [6.45, 7) is 3.49. The molecule has 0 unspecified atom stereocenters. The van der Waals surface area contributed by atoms with Gasteiger partial charge in [-0.05, 0) is 54.4 Å². The van der Waals surface area contributed by atoms with E-state index in [0.717, 1.165) is 12.1 Å². The maximum atomic E-state index is 13.2. The maximum absolute atomic E-state index is 13.2. The number of nitrogens with zero attached hydrogens (tertiary/aromatic N) is 3. The average Bonchev–Trinajstić information content (AvgIpc) is 2.85. The summed E-state index contributed by atoms with van der Waals surface area (Å²) in [4.78, 5) is 0.111. The first-order chi connectivity index (χ1) is 15.5. The van der Waals surface area contributed by atoms with Gasteiger partial charge >= 0.3 is 0 Å². The van der Waals surface area contributed by atoms with E-state index in [4.69, 9.17) is 9.47 Å². The predicted octanol–water partition coefficient (Wildman–Crippen LogP) is 3.48. The fourth-order valence-corrected chi connectivity index (χ4v) is 5.12. The third-order valence-corrected chi connectivity index (χ3v) is 7.24. The summed E-state index contributed by atoms with van der Waals surface area (Å²) in [5.74, 6) is 0.902. The van der Waals surface area contributed by atoms with Crippen LogP contribution in [0.3, 0.4) is 0 Å². The Morgan fingerprint density at radius 2 is 1.88 bits per heavy atom. The number of morpholine rings is 1. The highest BCUT2D eigenvalue weighted by atomic mass is 32.2. The molecule has 4 rings (SSSR count). The minimum absolute atomic E-state index is 0.111. The Balaban J connectivity index is 1.60. The summed E-state index contributed by atoms with van der Waals surface area (Å²) in [5, 5.41) is 11.8. The van der Waals surface area contributed by atoms with Gasteiger partial charge in [-0.25, -0.2) is 8.42 Å². The third-order valence-electron chi connectivity index (χ3n) is 5.32. The lowest BCUT2D eigenvalue weighted by Gasteiger charge is -2.26. The molecule has 0 aliphatic carbocycles. The third kappa shape index (κ3) is 4.74. The van der Waals surface area contributed by atoms with E-state index in [0.29, 0.717) is 49.1 Å². The van der Waals surface area contributed by atoms with Crippen LogP contribution in [0, 0.1) is 0 Å². The van der Waals surface area contributed by atoms with Crippen molar-refractivity contribution in [3.8, 4) is 17.0 Å². The quantitative estimate of drug-likeness (QED) is 0.584. The van der Waals surface area contributed by atoms with Gasteiger partial charge in [0.1, 0.15) is 10.6 Å². The van der Waals surface area contributed by atoms with Gasteiger partial charge in [0.15, 0.2) is 5.82 Å². The van der Waals surface area contributed by atoms with Crippen LogP contribution in [0.15, 0.2) is 59.5 Å². The Morgan fingerprint density at radius 1 is 1.06 bits per heavy atom. The molecule has 0 spiro atoms. The number of methoxy groups -OCH3 is 1. The molecule has 1 saturated heterocycles. The molecule has 1 fully saturated rings. The molecule has 0 radical (unpaired) electrons. The van der Waals surface area contributed by atoms with E-state index in [1.54, 1.807) is 18.2 Å². The lowest BCUT2D eigenvalue weighted by Crippen LogP contribution is -2.40. The zero-order chi connectivity index (χ0) is 22.6. The lowest BCUT2D eigenvalue weighted by molar-refractivity contribution is 0.0729. The highest BCUT2D eigenvalue weighted by molar-refractivity contribution is 7.89. The second-order valence-corrected chi connectivity index (χ2v) is 9.27. The van der Waals surface area contributed by atoms with Crippen LogP contribution in [0.5, 0.6) is 5.75 Å². The van der Waals surface area contributed by atoms with Crippen LogP contribution >= 0.6 is 0 Å². The summed E-state index contributed by atoms with van der Waals surface area (Å²) >= 11 is 0. The van der Waals surface area contributed by atoms with Gasteiger partial charge in [-0.1, -0.05) is 19.1 Å². The predicted molar refractivity (Wildman–Crippen MR) is 123 cm³/mol. The van der Waals surface area contributed by atoms with E-state index in [1.807, 2.05) is 24.3 Å². The number of sulfonamides is 1. The fraction of sp³-hybridized carbons (Fsp3) is 0.304. The molecule has 0 saturated carbocycles. The number of hydrogen-bond donors (Lipinski definition) is 1.